The Bertz CT molecular complexity index is 1100. The van der Waals surface area contributed by atoms with Gasteiger partial charge in [0.2, 0.25) is 0 Å². The van der Waals surface area contributed by atoms with Crippen LogP contribution in [-0.2, 0) is 0 Å². The Morgan fingerprint density at radius 2 is 2.08 bits per heavy atom. The van der Waals surface area contributed by atoms with Crippen molar-refractivity contribution in [3.63, 3.8) is 0 Å². The van der Waals surface area contributed by atoms with E-state index in [9.17, 15) is 14.7 Å². The first-order valence-corrected chi connectivity index (χ1v) is 14.5. The summed E-state index contributed by atoms with van der Waals surface area (Å²) in [7, 11) is 0. The van der Waals surface area contributed by atoms with Gasteiger partial charge >= 0.3 is 11.7 Å². The van der Waals surface area contributed by atoms with Crippen LogP contribution >= 0.6 is 0 Å². The van der Waals surface area contributed by atoms with Crippen LogP contribution in [0.3, 0.4) is 0 Å². The van der Waals surface area contributed by atoms with E-state index in [1.165, 1.54) is 32.1 Å². The number of aliphatic hydroxyl groups excluding tert-OH is 1. The smallest absolute Gasteiger partial charge is 0.335 e. The van der Waals surface area contributed by atoms with Crippen LogP contribution in [-0.4, -0.2) is 54.4 Å². The maximum atomic E-state index is 13.1. The monoisotopic (exact) mass is 509 g/mol. The molecule has 6 rings (SSSR count). The molecule has 8 atom stereocenters. The van der Waals surface area contributed by atoms with Gasteiger partial charge in [-0.2, -0.15) is 0 Å². The molecule has 0 radical (unpaired) electrons. The SMILES string of the molecule is C[C@]12CC[C@H](NC(=O)N3CCNCC3CO)C[C@H]1CC[C@H]1C3=CC[C@H](c4ccc(=O)oc4)[C@@]3(C)CC[C@@H]12. The topological polar surface area (TPSA) is 94.8 Å². The fourth-order valence-electron chi connectivity index (χ4n) is 9.24. The van der Waals surface area contributed by atoms with Gasteiger partial charge in [0.25, 0.3) is 0 Å². The molecule has 1 unspecified atom stereocenters. The van der Waals surface area contributed by atoms with Crippen LogP contribution in [0.4, 0.5) is 4.79 Å². The van der Waals surface area contributed by atoms with Gasteiger partial charge in [0, 0.05) is 31.7 Å². The minimum Gasteiger partial charge on any atom is -0.431 e. The van der Waals surface area contributed by atoms with E-state index in [2.05, 4.69) is 30.6 Å². The van der Waals surface area contributed by atoms with Crippen molar-refractivity contribution in [2.75, 3.05) is 26.2 Å². The van der Waals surface area contributed by atoms with Gasteiger partial charge in [-0.25, -0.2) is 9.59 Å². The summed E-state index contributed by atoms with van der Waals surface area (Å²) in [5, 5.41) is 16.3. The zero-order valence-electron chi connectivity index (χ0n) is 22.4. The van der Waals surface area contributed by atoms with E-state index < -0.39 is 0 Å². The zero-order chi connectivity index (χ0) is 25.8. The van der Waals surface area contributed by atoms with Gasteiger partial charge in [0.05, 0.1) is 18.9 Å². The Kier molecular flexibility index (Phi) is 6.51. The van der Waals surface area contributed by atoms with E-state index in [4.69, 9.17) is 4.42 Å². The number of urea groups is 1. The quantitative estimate of drug-likeness (QED) is 0.535. The minimum atomic E-state index is -0.275. The van der Waals surface area contributed by atoms with Crippen LogP contribution in [0.15, 0.2) is 39.3 Å². The molecule has 1 aromatic heterocycles. The van der Waals surface area contributed by atoms with Crippen molar-refractivity contribution < 1.29 is 14.3 Å². The lowest BCUT2D eigenvalue weighted by Gasteiger charge is -2.60. The number of rotatable bonds is 3. The standard InChI is InChI=1S/C30H43N3O4/c1-29-11-9-21(32-28(36)33-14-13-31-16-22(33)17-34)15-20(29)4-5-23-25-7-6-24(19-3-8-27(35)37-18-19)30(25,2)12-10-26(23)29/h3,7-8,18,20-24,26,31,34H,4-6,9-17H2,1-2H3,(H,32,36)/t20-,21+,22?,23+,24-,26+,29+,30-/m1/s1. The molecule has 202 valence electrons. The van der Waals surface area contributed by atoms with Gasteiger partial charge in [0.15, 0.2) is 0 Å². The van der Waals surface area contributed by atoms with E-state index >= 15 is 0 Å². The first-order valence-electron chi connectivity index (χ1n) is 14.5. The molecule has 5 aliphatic rings. The van der Waals surface area contributed by atoms with Crippen LogP contribution in [0.25, 0.3) is 0 Å². The number of amides is 2. The summed E-state index contributed by atoms with van der Waals surface area (Å²) >= 11 is 0. The van der Waals surface area contributed by atoms with Crippen LogP contribution in [0, 0.1) is 28.6 Å². The highest BCUT2D eigenvalue weighted by Gasteiger charge is 2.57. The Balaban J connectivity index is 1.13. The average Bonchev–Trinajstić information content (AvgIpc) is 3.26. The van der Waals surface area contributed by atoms with E-state index in [1.54, 1.807) is 17.9 Å². The van der Waals surface area contributed by atoms with Crippen molar-refractivity contribution in [1.29, 1.82) is 0 Å². The molecule has 0 aromatic carbocycles. The second-order valence-electron chi connectivity index (χ2n) is 12.9. The lowest BCUT2D eigenvalue weighted by Crippen LogP contribution is -2.60. The van der Waals surface area contributed by atoms with Crippen molar-refractivity contribution in [3.8, 4) is 0 Å². The second-order valence-corrected chi connectivity index (χ2v) is 12.9. The first-order chi connectivity index (χ1) is 17.8. The molecule has 0 spiro atoms. The summed E-state index contributed by atoms with van der Waals surface area (Å²) < 4.78 is 5.25. The summed E-state index contributed by atoms with van der Waals surface area (Å²) in [6.07, 6.45) is 13.5. The number of carbonyl (C=O) groups is 1. The van der Waals surface area contributed by atoms with Gasteiger partial charge in [-0.05, 0) is 97.5 Å². The molecule has 7 nitrogen and oxygen atoms in total. The number of hydrogen-bond donors (Lipinski definition) is 3. The molecule has 1 saturated heterocycles. The van der Waals surface area contributed by atoms with Crippen molar-refractivity contribution in [2.24, 2.45) is 28.6 Å². The number of carbonyl (C=O) groups excluding carboxylic acids is 1. The van der Waals surface area contributed by atoms with Gasteiger partial charge in [-0.3, -0.25) is 0 Å². The van der Waals surface area contributed by atoms with Crippen LogP contribution in [0.2, 0.25) is 0 Å². The number of hydrogen-bond acceptors (Lipinski definition) is 5. The third-order valence-corrected chi connectivity index (χ3v) is 11.3. The second kappa shape index (κ2) is 9.57. The highest BCUT2D eigenvalue weighted by atomic mass is 16.4. The van der Waals surface area contributed by atoms with Gasteiger partial charge in [-0.1, -0.05) is 25.5 Å². The van der Waals surface area contributed by atoms with Crippen molar-refractivity contribution in [3.05, 3.63) is 46.0 Å². The molecule has 2 heterocycles. The Morgan fingerprint density at radius 3 is 2.86 bits per heavy atom. The average molecular weight is 510 g/mol. The zero-order valence-corrected chi connectivity index (χ0v) is 22.4. The lowest BCUT2D eigenvalue weighted by atomic mass is 9.45. The van der Waals surface area contributed by atoms with Crippen molar-refractivity contribution in [1.82, 2.24) is 15.5 Å². The van der Waals surface area contributed by atoms with E-state index in [0.717, 1.165) is 31.4 Å². The maximum absolute atomic E-state index is 13.1. The Morgan fingerprint density at radius 1 is 1.22 bits per heavy atom. The number of fused-ring (bicyclic) bond motifs is 5. The molecule has 2 amide bonds. The normalized spacial score (nSPS) is 41.3. The molecular weight excluding hydrogens is 466 g/mol. The summed E-state index contributed by atoms with van der Waals surface area (Å²) in [6.45, 7) is 7.10. The molecule has 0 bridgehead atoms. The van der Waals surface area contributed by atoms with E-state index in [-0.39, 0.29) is 35.8 Å². The van der Waals surface area contributed by atoms with Crippen LogP contribution in [0.1, 0.15) is 76.7 Å². The number of piperazine rings is 1. The third kappa shape index (κ3) is 4.17. The maximum Gasteiger partial charge on any atom is 0.335 e. The fourth-order valence-corrected chi connectivity index (χ4v) is 9.24. The fraction of sp³-hybridized carbons (Fsp3) is 0.733. The molecule has 4 aliphatic carbocycles. The van der Waals surface area contributed by atoms with Crippen LogP contribution in [0.5, 0.6) is 0 Å². The lowest BCUT2D eigenvalue weighted by molar-refractivity contribution is -0.0589. The molecular formula is C30H43N3O4. The largest absolute Gasteiger partial charge is 0.431 e. The molecule has 1 aliphatic heterocycles. The number of aliphatic hydroxyl groups is 1. The van der Waals surface area contributed by atoms with E-state index in [1.807, 2.05) is 11.0 Å². The Labute approximate surface area is 220 Å². The third-order valence-electron chi connectivity index (χ3n) is 11.3. The van der Waals surface area contributed by atoms with Crippen LogP contribution < -0.4 is 16.3 Å². The van der Waals surface area contributed by atoms with Gasteiger partial charge in [0.1, 0.15) is 0 Å². The number of nitrogens with zero attached hydrogens (tertiary/aromatic N) is 1. The molecule has 3 N–H and O–H groups in total. The molecule has 1 aromatic rings. The predicted octanol–water partition coefficient (Wildman–Crippen LogP) is 4.03. The molecule has 3 saturated carbocycles. The van der Waals surface area contributed by atoms with Crippen molar-refractivity contribution >= 4 is 6.03 Å². The van der Waals surface area contributed by atoms with Crippen molar-refractivity contribution in [2.45, 2.75) is 83.2 Å². The minimum absolute atomic E-state index is 0.00317. The first kappa shape index (κ1) is 25.2. The van der Waals surface area contributed by atoms with Gasteiger partial charge < -0.3 is 25.1 Å². The highest BCUT2D eigenvalue weighted by Crippen LogP contribution is 2.67. The van der Waals surface area contributed by atoms with E-state index in [0.29, 0.717) is 42.2 Å². The number of allylic oxidation sites excluding steroid dienone is 2. The predicted molar refractivity (Wildman–Crippen MR) is 142 cm³/mol. The molecule has 7 heteroatoms. The summed E-state index contributed by atoms with van der Waals surface area (Å²) in [4.78, 5) is 26.4. The summed E-state index contributed by atoms with van der Waals surface area (Å²) in [6, 6.07) is 3.63. The van der Waals surface area contributed by atoms with Gasteiger partial charge in [-0.15, -0.1) is 0 Å². The number of nitrogens with one attached hydrogen (secondary N) is 2. The summed E-state index contributed by atoms with van der Waals surface area (Å²) in [5.41, 5.74) is 3.04. The Hall–Kier alpha value is -2.12. The molecule has 4 fully saturated rings. The molecule has 37 heavy (non-hydrogen) atoms. The highest BCUT2D eigenvalue weighted by molar-refractivity contribution is 5.75. The summed E-state index contributed by atoms with van der Waals surface area (Å²) in [5.74, 6) is 2.41.